The van der Waals surface area contributed by atoms with Crippen molar-refractivity contribution < 1.29 is 9.47 Å². The Hall–Kier alpha value is -0.870. The molecule has 94 valence electrons. The van der Waals surface area contributed by atoms with Crippen molar-refractivity contribution >= 4 is 11.6 Å². The van der Waals surface area contributed by atoms with Crippen LogP contribution in [-0.4, -0.2) is 29.3 Å². The maximum absolute atomic E-state index is 6.11. The monoisotopic (exact) mass is 256 g/mol. The van der Waals surface area contributed by atoms with E-state index in [1.165, 1.54) is 0 Å². The van der Waals surface area contributed by atoms with Crippen LogP contribution in [0, 0.1) is 6.92 Å². The summed E-state index contributed by atoms with van der Waals surface area (Å²) >= 11 is 6.11. The van der Waals surface area contributed by atoms with E-state index in [4.69, 9.17) is 21.1 Å². The number of hydrogen-bond acceptors (Lipinski definition) is 4. The fraction of sp³-hybridized carbons (Fsp3) is 0.667. The van der Waals surface area contributed by atoms with Crippen LogP contribution >= 0.6 is 11.6 Å². The normalized spacial score (nSPS) is 16.8. The fourth-order valence-corrected chi connectivity index (χ4v) is 1.52. The molecule has 0 aliphatic carbocycles. The molecule has 17 heavy (non-hydrogen) atoms. The molecule has 0 atom stereocenters. The average molecular weight is 257 g/mol. The minimum Gasteiger partial charge on any atom is -0.469 e. The van der Waals surface area contributed by atoms with Crippen LogP contribution < -0.4 is 4.74 Å². The SMILES string of the molecule is Cc1c(Cl)nc(C(C)(C)C)nc1OC1COC1. The quantitative estimate of drug-likeness (QED) is 0.763. The predicted molar refractivity (Wildman–Crippen MR) is 65.7 cm³/mol. The second-order valence-electron chi connectivity index (χ2n) is 5.30. The van der Waals surface area contributed by atoms with E-state index >= 15 is 0 Å². The molecule has 0 spiro atoms. The Morgan fingerprint density at radius 3 is 2.41 bits per heavy atom. The molecule has 1 aromatic rings. The lowest BCUT2D eigenvalue weighted by Crippen LogP contribution is -2.39. The molecule has 0 unspecified atom stereocenters. The molecule has 1 aliphatic heterocycles. The van der Waals surface area contributed by atoms with Gasteiger partial charge in [0.1, 0.15) is 17.1 Å². The standard InChI is InChI=1S/C12H17ClN2O2/c1-7-9(13)14-11(12(2,3)4)15-10(7)17-8-5-16-6-8/h8H,5-6H2,1-4H3. The molecular weight excluding hydrogens is 240 g/mol. The van der Waals surface area contributed by atoms with Gasteiger partial charge in [0.05, 0.1) is 13.2 Å². The van der Waals surface area contributed by atoms with Crippen LogP contribution in [0.3, 0.4) is 0 Å². The first kappa shape index (κ1) is 12.6. The summed E-state index contributed by atoms with van der Waals surface area (Å²) in [4.78, 5) is 8.75. The van der Waals surface area contributed by atoms with Gasteiger partial charge in [0, 0.05) is 11.0 Å². The average Bonchev–Trinajstić information content (AvgIpc) is 2.15. The van der Waals surface area contributed by atoms with Crippen LogP contribution in [0.25, 0.3) is 0 Å². The van der Waals surface area contributed by atoms with Gasteiger partial charge in [-0.1, -0.05) is 32.4 Å². The number of nitrogens with zero attached hydrogens (tertiary/aromatic N) is 2. The van der Waals surface area contributed by atoms with E-state index < -0.39 is 0 Å². The molecular formula is C12H17ClN2O2. The molecule has 0 saturated carbocycles. The highest BCUT2D eigenvalue weighted by Gasteiger charge is 2.25. The summed E-state index contributed by atoms with van der Waals surface area (Å²) in [6, 6.07) is 0. The van der Waals surface area contributed by atoms with Gasteiger partial charge in [-0.05, 0) is 6.92 Å². The van der Waals surface area contributed by atoms with Crippen LogP contribution in [-0.2, 0) is 10.2 Å². The molecule has 0 radical (unpaired) electrons. The van der Waals surface area contributed by atoms with Crippen LogP contribution in [0.2, 0.25) is 5.15 Å². The molecule has 1 aromatic heterocycles. The number of ether oxygens (including phenoxy) is 2. The van der Waals surface area contributed by atoms with E-state index in [-0.39, 0.29) is 11.5 Å². The van der Waals surface area contributed by atoms with Gasteiger partial charge in [-0.3, -0.25) is 0 Å². The third-order valence-electron chi connectivity index (χ3n) is 2.60. The van der Waals surface area contributed by atoms with Crippen LogP contribution in [0.1, 0.15) is 32.2 Å². The topological polar surface area (TPSA) is 44.2 Å². The second kappa shape index (κ2) is 4.42. The molecule has 5 heteroatoms. The molecule has 1 fully saturated rings. The van der Waals surface area contributed by atoms with Crippen LogP contribution in [0.15, 0.2) is 0 Å². The summed E-state index contributed by atoms with van der Waals surface area (Å²) < 4.78 is 10.8. The van der Waals surface area contributed by atoms with Crippen LogP contribution in [0.5, 0.6) is 5.88 Å². The molecule has 1 aliphatic rings. The van der Waals surface area contributed by atoms with E-state index in [0.717, 1.165) is 5.56 Å². The van der Waals surface area contributed by atoms with Crippen molar-refractivity contribution in [2.75, 3.05) is 13.2 Å². The third kappa shape index (κ3) is 2.69. The lowest BCUT2D eigenvalue weighted by molar-refractivity contribution is -0.0817. The Morgan fingerprint density at radius 1 is 1.29 bits per heavy atom. The van der Waals surface area contributed by atoms with Crippen molar-refractivity contribution in [1.29, 1.82) is 0 Å². The van der Waals surface area contributed by atoms with Crippen molar-refractivity contribution in [3.05, 3.63) is 16.5 Å². The highest BCUT2D eigenvalue weighted by atomic mass is 35.5. The molecule has 1 saturated heterocycles. The highest BCUT2D eigenvalue weighted by Crippen LogP contribution is 2.28. The Morgan fingerprint density at radius 2 is 1.94 bits per heavy atom. The van der Waals surface area contributed by atoms with E-state index in [1.807, 2.05) is 27.7 Å². The summed E-state index contributed by atoms with van der Waals surface area (Å²) in [6.07, 6.45) is 0.0903. The van der Waals surface area contributed by atoms with Crippen molar-refractivity contribution in [1.82, 2.24) is 9.97 Å². The van der Waals surface area contributed by atoms with E-state index in [9.17, 15) is 0 Å². The Kier molecular flexibility index (Phi) is 3.27. The van der Waals surface area contributed by atoms with E-state index in [2.05, 4.69) is 9.97 Å². The van der Waals surface area contributed by atoms with Gasteiger partial charge in [0.2, 0.25) is 5.88 Å². The fourth-order valence-electron chi connectivity index (χ4n) is 1.36. The smallest absolute Gasteiger partial charge is 0.221 e. The number of hydrogen-bond donors (Lipinski definition) is 0. The Bertz CT molecular complexity index is 425. The number of halogens is 1. The molecule has 4 nitrogen and oxygen atoms in total. The van der Waals surface area contributed by atoms with Gasteiger partial charge >= 0.3 is 0 Å². The first-order valence-corrected chi connectivity index (χ1v) is 6.05. The van der Waals surface area contributed by atoms with E-state index in [0.29, 0.717) is 30.1 Å². The zero-order valence-electron chi connectivity index (χ0n) is 10.6. The van der Waals surface area contributed by atoms with Gasteiger partial charge in [-0.25, -0.2) is 4.98 Å². The van der Waals surface area contributed by atoms with Gasteiger partial charge in [-0.15, -0.1) is 0 Å². The molecule has 0 bridgehead atoms. The zero-order valence-corrected chi connectivity index (χ0v) is 11.3. The maximum Gasteiger partial charge on any atom is 0.221 e. The summed E-state index contributed by atoms with van der Waals surface area (Å²) in [7, 11) is 0. The Labute approximate surface area is 106 Å². The van der Waals surface area contributed by atoms with Crippen molar-refractivity contribution in [2.45, 2.75) is 39.2 Å². The van der Waals surface area contributed by atoms with E-state index in [1.54, 1.807) is 0 Å². The highest BCUT2D eigenvalue weighted by molar-refractivity contribution is 6.30. The van der Waals surface area contributed by atoms with Crippen molar-refractivity contribution in [3.63, 3.8) is 0 Å². The maximum atomic E-state index is 6.11. The summed E-state index contributed by atoms with van der Waals surface area (Å²) in [5, 5.41) is 0.458. The van der Waals surface area contributed by atoms with Crippen molar-refractivity contribution in [3.8, 4) is 5.88 Å². The van der Waals surface area contributed by atoms with Gasteiger partial charge in [-0.2, -0.15) is 4.98 Å². The van der Waals surface area contributed by atoms with Gasteiger partial charge in [0.15, 0.2) is 0 Å². The molecule has 2 rings (SSSR count). The molecule has 2 heterocycles. The third-order valence-corrected chi connectivity index (χ3v) is 2.97. The largest absolute Gasteiger partial charge is 0.469 e. The second-order valence-corrected chi connectivity index (χ2v) is 5.65. The number of rotatable bonds is 2. The first-order valence-electron chi connectivity index (χ1n) is 5.67. The molecule has 0 N–H and O–H groups in total. The molecule has 0 amide bonds. The minimum absolute atomic E-state index is 0.0903. The minimum atomic E-state index is -0.147. The predicted octanol–water partition coefficient (Wildman–Crippen LogP) is 2.51. The van der Waals surface area contributed by atoms with Crippen LogP contribution in [0.4, 0.5) is 0 Å². The summed E-state index contributed by atoms with van der Waals surface area (Å²) in [5.74, 6) is 1.27. The molecule has 0 aromatic carbocycles. The van der Waals surface area contributed by atoms with Gasteiger partial charge < -0.3 is 9.47 Å². The lowest BCUT2D eigenvalue weighted by Gasteiger charge is -2.27. The Balaban J connectivity index is 2.32. The first-order chi connectivity index (χ1) is 7.88. The van der Waals surface area contributed by atoms with Crippen molar-refractivity contribution in [2.24, 2.45) is 0 Å². The lowest BCUT2D eigenvalue weighted by atomic mass is 9.96. The zero-order chi connectivity index (χ0) is 12.6. The summed E-state index contributed by atoms with van der Waals surface area (Å²) in [6.45, 7) is 9.24. The number of aromatic nitrogens is 2. The summed E-state index contributed by atoms with van der Waals surface area (Å²) in [5.41, 5.74) is 0.637. The van der Waals surface area contributed by atoms with Gasteiger partial charge in [0.25, 0.3) is 0 Å².